The highest BCUT2D eigenvalue weighted by atomic mass is 35.5. The number of rotatable bonds is 13. The van der Waals surface area contributed by atoms with Gasteiger partial charge in [0.15, 0.2) is 0 Å². The summed E-state index contributed by atoms with van der Waals surface area (Å²) in [6.45, 7) is 6.24. The second-order valence-corrected chi connectivity index (χ2v) is 12.5. The van der Waals surface area contributed by atoms with E-state index in [-0.39, 0.29) is 0 Å². The molecule has 0 amide bonds. The van der Waals surface area contributed by atoms with Crippen molar-refractivity contribution in [1.82, 2.24) is 35.9 Å². The summed E-state index contributed by atoms with van der Waals surface area (Å²) in [5.41, 5.74) is 5.85. The molecular weight excluding hydrogens is 625 g/mol. The van der Waals surface area contributed by atoms with Crippen LogP contribution in [0.4, 0.5) is 0 Å². The molecule has 46 heavy (non-hydrogen) atoms. The van der Waals surface area contributed by atoms with E-state index in [4.69, 9.17) is 42.6 Å². The fourth-order valence-corrected chi connectivity index (χ4v) is 6.18. The Morgan fingerprint density at radius 2 is 1.39 bits per heavy atom. The van der Waals surface area contributed by atoms with Gasteiger partial charge in [0.25, 0.3) is 0 Å². The predicted octanol–water partition coefficient (Wildman–Crippen LogP) is 5.56. The standard InChI is InChI=1S/C34H37Cl2N7O3/c1-20-10-11-21(41-20)14-37-15-28-32(45-2)42-26(17-39-28)24-8-4-6-22(30(24)35)23-7-5-9-25(31(23)36)27-18-40-29(33(43-27)46-3)16-38-19-34(44)12-13-34/h4-9,17-18,21,37-38,41,44H,1,10-16,19H2,2-3H3/t21-/m0/s1. The molecule has 4 N–H and O–H groups in total. The number of hydrogen-bond donors (Lipinski definition) is 4. The first-order chi connectivity index (χ1) is 22.3. The van der Waals surface area contributed by atoms with Crippen molar-refractivity contribution in [1.29, 1.82) is 0 Å². The zero-order valence-corrected chi connectivity index (χ0v) is 27.4. The Bertz CT molecular complexity index is 1750. The van der Waals surface area contributed by atoms with Crippen molar-refractivity contribution < 1.29 is 14.6 Å². The van der Waals surface area contributed by atoms with Gasteiger partial charge in [0.1, 0.15) is 11.4 Å². The maximum atomic E-state index is 10.1. The molecule has 10 nitrogen and oxygen atoms in total. The number of hydrogen-bond acceptors (Lipinski definition) is 10. The van der Waals surface area contributed by atoms with Gasteiger partial charge in [-0.15, -0.1) is 0 Å². The Morgan fingerprint density at radius 1 is 0.870 bits per heavy atom. The van der Waals surface area contributed by atoms with E-state index in [0.29, 0.717) is 81.4 Å². The van der Waals surface area contributed by atoms with Gasteiger partial charge in [-0.1, -0.05) is 66.2 Å². The molecule has 12 heteroatoms. The minimum absolute atomic E-state index is 0.362. The third kappa shape index (κ3) is 7.11. The molecular formula is C34H37Cl2N7O3. The SMILES string of the molecule is C=C1CC[C@@H](CNCc2ncc(-c3cccc(-c4cccc(-c5cnc(CNCC6(O)CC6)c(OC)n5)c4Cl)c3Cl)nc2OC)N1. The normalized spacial score (nSPS) is 16.7. The molecule has 0 unspecified atom stereocenters. The van der Waals surface area contributed by atoms with E-state index in [2.05, 4.69) is 32.5 Å². The van der Waals surface area contributed by atoms with Gasteiger partial charge >= 0.3 is 0 Å². The molecule has 4 aromatic rings. The molecule has 2 fully saturated rings. The lowest BCUT2D eigenvalue weighted by Crippen LogP contribution is -2.33. The van der Waals surface area contributed by atoms with Crippen LogP contribution in [-0.2, 0) is 13.1 Å². The smallest absolute Gasteiger partial charge is 0.237 e. The van der Waals surface area contributed by atoms with Gasteiger partial charge in [0.05, 0.1) is 53.6 Å². The number of aliphatic hydroxyl groups is 1. The minimum Gasteiger partial charge on any atom is -0.480 e. The number of nitrogens with one attached hydrogen (secondary N) is 3. The highest BCUT2D eigenvalue weighted by molar-refractivity contribution is 6.39. The summed E-state index contributed by atoms with van der Waals surface area (Å²) in [4.78, 5) is 18.7. The van der Waals surface area contributed by atoms with Gasteiger partial charge in [0.2, 0.25) is 11.8 Å². The summed E-state index contributed by atoms with van der Waals surface area (Å²) in [7, 11) is 3.14. The highest BCUT2D eigenvalue weighted by Crippen LogP contribution is 2.42. The van der Waals surface area contributed by atoms with Crippen molar-refractivity contribution in [2.45, 2.75) is 50.4 Å². The highest BCUT2D eigenvalue weighted by Gasteiger charge is 2.39. The van der Waals surface area contributed by atoms with Crippen molar-refractivity contribution in [2.75, 3.05) is 27.3 Å². The molecule has 2 aliphatic rings. The fraction of sp³-hybridized carbons (Fsp3) is 0.353. The molecule has 240 valence electrons. The van der Waals surface area contributed by atoms with Crippen molar-refractivity contribution in [2.24, 2.45) is 0 Å². The first-order valence-electron chi connectivity index (χ1n) is 15.2. The van der Waals surface area contributed by atoms with Gasteiger partial charge in [0, 0.05) is 60.2 Å². The van der Waals surface area contributed by atoms with E-state index in [0.717, 1.165) is 49.1 Å². The minimum atomic E-state index is -0.601. The van der Waals surface area contributed by atoms with E-state index >= 15 is 0 Å². The van der Waals surface area contributed by atoms with Gasteiger partial charge < -0.3 is 30.5 Å². The van der Waals surface area contributed by atoms with E-state index in [9.17, 15) is 5.11 Å². The molecule has 1 aliphatic heterocycles. The number of allylic oxidation sites excluding steroid dienone is 1. The lowest BCUT2D eigenvalue weighted by Gasteiger charge is -2.15. The Balaban J connectivity index is 1.22. The summed E-state index contributed by atoms with van der Waals surface area (Å²) in [5, 5.41) is 21.1. The Morgan fingerprint density at radius 3 is 1.87 bits per heavy atom. The zero-order chi connectivity index (χ0) is 32.3. The Kier molecular flexibility index (Phi) is 9.72. The predicted molar refractivity (Wildman–Crippen MR) is 180 cm³/mol. The van der Waals surface area contributed by atoms with Crippen LogP contribution in [0.25, 0.3) is 33.6 Å². The van der Waals surface area contributed by atoms with E-state index in [1.54, 1.807) is 26.6 Å². The molecule has 2 aromatic heterocycles. The van der Waals surface area contributed by atoms with Gasteiger partial charge in [-0.25, -0.2) is 9.97 Å². The summed E-state index contributed by atoms with van der Waals surface area (Å²) in [5.74, 6) is 0.825. The van der Waals surface area contributed by atoms with Crippen LogP contribution in [0.2, 0.25) is 10.0 Å². The molecule has 0 radical (unpaired) electrons. The lowest BCUT2D eigenvalue weighted by molar-refractivity contribution is 0.147. The van der Waals surface area contributed by atoms with Gasteiger partial charge in [-0.2, -0.15) is 0 Å². The number of benzene rings is 2. The number of methoxy groups -OCH3 is 2. The molecule has 1 saturated carbocycles. The maximum absolute atomic E-state index is 10.1. The van der Waals surface area contributed by atoms with Crippen LogP contribution in [0.3, 0.4) is 0 Å². The van der Waals surface area contributed by atoms with Crippen LogP contribution in [0.1, 0.15) is 37.1 Å². The van der Waals surface area contributed by atoms with E-state index in [1.165, 1.54) is 0 Å². The summed E-state index contributed by atoms with van der Waals surface area (Å²) in [6, 6.07) is 11.8. The maximum Gasteiger partial charge on any atom is 0.237 e. The van der Waals surface area contributed by atoms with Crippen LogP contribution in [0.15, 0.2) is 61.1 Å². The van der Waals surface area contributed by atoms with E-state index < -0.39 is 5.60 Å². The lowest BCUT2D eigenvalue weighted by atomic mass is 9.98. The van der Waals surface area contributed by atoms with Crippen LogP contribution >= 0.6 is 23.2 Å². The van der Waals surface area contributed by atoms with Crippen molar-refractivity contribution in [3.05, 3.63) is 82.5 Å². The Labute approximate surface area is 278 Å². The second kappa shape index (κ2) is 13.9. The van der Waals surface area contributed by atoms with Crippen LogP contribution in [0.5, 0.6) is 11.8 Å². The molecule has 1 atom stereocenters. The molecule has 0 spiro atoms. The number of aromatic nitrogens is 4. The molecule has 1 saturated heterocycles. The summed E-state index contributed by atoms with van der Waals surface area (Å²) >= 11 is 14.1. The molecule has 3 heterocycles. The molecule has 1 aliphatic carbocycles. The average molecular weight is 663 g/mol. The number of ether oxygens (including phenoxy) is 2. The molecule has 6 rings (SSSR count). The summed E-state index contributed by atoms with van der Waals surface area (Å²) < 4.78 is 11.2. The van der Waals surface area contributed by atoms with Gasteiger partial charge in [-0.05, 0) is 25.7 Å². The largest absolute Gasteiger partial charge is 0.480 e. The average Bonchev–Trinajstić information content (AvgIpc) is 3.66. The van der Waals surface area contributed by atoms with Crippen molar-refractivity contribution in [3.63, 3.8) is 0 Å². The van der Waals surface area contributed by atoms with Crippen LogP contribution in [-0.4, -0.2) is 64.0 Å². The van der Waals surface area contributed by atoms with E-state index in [1.807, 2.05) is 36.4 Å². The third-order valence-electron chi connectivity index (χ3n) is 8.31. The monoisotopic (exact) mass is 661 g/mol. The number of halogens is 2. The summed E-state index contributed by atoms with van der Waals surface area (Å²) in [6.07, 6.45) is 7.07. The molecule has 2 aromatic carbocycles. The first kappa shape index (κ1) is 32.2. The van der Waals surface area contributed by atoms with Crippen molar-refractivity contribution in [3.8, 4) is 45.4 Å². The van der Waals surface area contributed by atoms with Crippen LogP contribution < -0.4 is 25.4 Å². The molecule has 0 bridgehead atoms. The topological polar surface area (TPSA) is 126 Å². The van der Waals surface area contributed by atoms with Crippen molar-refractivity contribution >= 4 is 23.2 Å². The quantitative estimate of drug-likeness (QED) is 0.145. The third-order valence-corrected chi connectivity index (χ3v) is 9.12. The van der Waals surface area contributed by atoms with Gasteiger partial charge in [-0.3, -0.25) is 9.97 Å². The Hall–Kier alpha value is -3.80. The first-order valence-corrected chi connectivity index (χ1v) is 16.0. The zero-order valence-electron chi connectivity index (χ0n) is 25.9. The number of nitrogens with zero attached hydrogens (tertiary/aromatic N) is 4. The second-order valence-electron chi connectivity index (χ2n) is 11.7. The fourth-order valence-electron chi connectivity index (χ4n) is 5.53. The van der Waals surface area contributed by atoms with Crippen LogP contribution in [0, 0.1) is 0 Å².